The highest BCUT2D eigenvalue weighted by molar-refractivity contribution is 8.13. The first-order valence-electron chi connectivity index (χ1n) is 6.35. The van der Waals surface area contributed by atoms with Crippen molar-refractivity contribution in [1.82, 2.24) is 0 Å². The maximum atomic E-state index is 5.86. The fourth-order valence-electron chi connectivity index (χ4n) is 1.55. The number of hydrogen-bond donors (Lipinski definition) is 1. The van der Waals surface area contributed by atoms with Crippen molar-refractivity contribution in [3.8, 4) is 0 Å². The molecule has 0 amide bonds. The second-order valence-corrected chi connectivity index (χ2v) is 7.43. The van der Waals surface area contributed by atoms with Gasteiger partial charge in [0, 0.05) is 11.8 Å². The van der Waals surface area contributed by atoms with Crippen LogP contribution in [-0.2, 0) is 27.4 Å². The van der Waals surface area contributed by atoms with Crippen LogP contribution in [0.4, 0.5) is 0 Å². The Morgan fingerprint density at radius 1 is 1.11 bits per heavy atom. The minimum Gasteiger partial charge on any atom is -0.326 e. The Morgan fingerprint density at radius 2 is 1.67 bits per heavy atom. The number of hydrogen-bond acceptors (Lipinski definition) is 4. The lowest BCUT2D eigenvalue weighted by Crippen LogP contribution is -2.18. The second-order valence-electron chi connectivity index (χ2n) is 4.00. The van der Waals surface area contributed by atoms with Crippen LogP contribution in [0.3, 0.4) is 0 Å². The van der Waals surface area contributed by atoms with Crippen LogP contribution < -0.4 is 11.0 Å². The molecule has 0 spiro atoms. The first-order valence-corrected chi connectivity index (χ1v) is 8.99. The van der Waals surface area contributed by atoms with Crippen molar-refractivity contribution >= 4 is 23.6 Å². The van der Waals surface area contributed by atoms with Gasteiger partial charge in [-0.15, -0.1) is 0 Å². The van der Waals surface area contributed by atoms with Crippen molar-refractivity contribution in [2.24, 2.45) is 5.73 Å². The predicted octanol–water partition coefficient (Wildman–Crippen LogP) is 2.93. The quantitative estimate of drug-likeness (QED) is 0.747. The number of benzene rings is 1. The lowest BCUT2D eigenvalue weighted by Gasteiger charge is -2.24. The molecule has 1 aromatic carbocycles. The van der Waals surface area contributed by atoms with Gasteiger partial charge in [-0.1, -0.05) is 32.0 Å². The summed E-state index contributed by atoms with van der Waals surface area (Å²) in [5, 5.41) is 0.962. The van der Waals surface area contributed by atoms with Crippen LogP contribution in [0.1, 0.15) is 32.3 Å². The van der Waals surface area contributed by atoms with Gasteiger partial charge >= 0.3 is 0 Å². The molecule has 0 unspecified atom stereocenters. The molecular weight excluding hydrogens is 265 g/mol. The molecule has 0 aromatic heterocycles. The highest BCUT2D eigenvalue weighted by Crippen LogP contribution is 2.48. The molecule has 1 aromatic rings. The summed E-state index contributed by atoms with van der Waals surface area (Å²) in [6.45, 7) is 3.43. The van der Waals surface area contributed by atoms with E-state index in [1.165, 1.54) is 0 Å². The fraction of sp³-hybridized carbons (Fsp3) is 0.538. The van der Waals surface area contributed by atoms with Gasteiger partial charge in [0.25, 0.3) is 0 Å². The smallest absolute Gasteiger partial charge is 0.219 e. The molecule has 0 fully saturated rings. The maximum absolute atomic E-state index is 5.86. The molecule has 0 atom stereocenters. The second kappa shape index (κ2) is 8.03. The van der Waals surface area contributed by atoms with Crippen LogP contribution in [0.2, 0.25) is 0 Å². The standard InChI is InChI=1S/C13H22NO2PS/c1-3-9-15-17(18,16-10-4-2)13-8-6-5-7-12(13)11-14/h5-8H,3-4,9-11,14H2,1-2H3. The molecule has 2 N–H and O–H groups in total. The summed E-state index contributed by atoms with van der Waals surface area (Å²) in [6.07, 6.45) is 1.86. The third-order valence-corrected chi connectivity index (χ3v) is 5.73. The molecule has 0 aliphatic carbocycles. The van der Waals surface area contributed by atoms with E-state index in [2.05, 4.69) is 13.8 Å². The van der Waals surface area contributed by atoms with Gasteiger partial charge in [-0.3, -0.25) is 0 Å². The molecule has 3 nitrogen and oxygen atoms in total. The van der Waals surface area contributed by atoms with Crippen molar-refractivity contribution in [2.75, 3.05) is 13.2 Å². The minimum atomic E-state index is -2.41. The van der Waals surface area contributed by atoms with Crippen LogP contribution in [0.25, 0.3) is 0 Å². The monoisotopic (exact) mass is 287 g/mol. The molecule has 0 heterocycles. The van der Waals surface area contributed by atoms with E-state index >= 15 is 0 Å². The Labute approximate surface area is 115 Å². The van der Waals surface area contributed by atoms with Crippen LogP contribution in [0.15, 0.2) is 24.3 Å². The Hall–Kier alpha value is -0.250. The number of nitrogens with two attached hydrogens (primary N) is 1. The molecule has 0 bridgehead atoms. The first-order chi connectivity index (χ1) is 8.68. The molecule has 18 heavy (non-hydrogen) atoms. The highest BCUT2D eigenvalue weighted by Gasteiger charge is 2.24. The Balaban J connectivity index is 3.04. The molecule has 0 aliphatic heterocycles. The summed E-state index contributed by atoms with van der Waals surface area (Å²) in [7, 11) is 0. The summed E-state index contributed by atoms with van der Waals surface area (Å²) < 4.78 is 11.7. The van der Waals surface area contributed by atoms with Gasteiger partial charge < -0.3 is 14.8 Å². The van der Waals surface area contributed by atoms with Gasteiger partial charge in [0.15, 0.2) is 0 Å². The van der Waals surface area contributed by atoms with Crippen LogP contribution in [-0.4, -0.2) is 13.2 Å². The Bertz CT molecular complexity index is 400. The van der Waals surface area contributed by atoms with Crippen molar-refractivity contribution in [2.45, 2.75) is 33.2 Å². The molecular formula is C13H22NO2PS. The zero-order chi connectivity index (χ0) is 13.4. The third-order valence-electron chi connectivity index (χ3n) is 2.44. The van der Waals surface area contributed by atoms with E-state index in [0.29, 0.717) is 19.8 Å². The SMILES string of the molecule is CCCOP(=S)(OCCC)c1ccccc1CN. The van der Waals surface area contributed by atoms with Crippen molar-refractivity contribution < 1.29 is 9.05 Å². The predicted molar refractivity (Wildman–Crippen MR) is 80.7 cm³/mol. The topological polar surface area (TPSA) is 44.5 Å². The average Bonchev–Trinajstić information content (AvgIpc) is 2.43. The summed E-state index contributed by atoms with van der Waals surface area (Å²) in [6, 6.07) is 7.89. The molecule has 0 saturated carbocycles. The van der Waals surface area contributed by atoms with Crippen LogP contribution >= 0.6 is 6.49 Å². The van der Waals surface area contributed by atoms with E-state index in [1.54, 1.807) is 0 Å². The van der Waals surface area contributed by atoms with E-state index in [1.807, 2.05) is 24.3 Å². The molecule has 0 aliphatic rings. The Morgan fingerprint density at radius 3 is 2.17 bits per heavy atom. The molecule has 0 radical (unpaired) electrons. The summed E-state index contributed by atoms with van der Waals surface area (Å²) >= 11 is 5.66. The van der Waals surface area contributed by atoms with Gasteiger partial charge in [0.2, 0.25) is 6.49 Å². The minimum absolute atomic E-state index is 0.458. The van der Waals surface area contributed by atoms with E-state index in [9.17, 15) is 0 Å². The lowest BCUT2D eigenvalue weighted by molar-refractivity contribution is 0.254. The Kier molecular flexibility index (Phi) is 7.05. The zero-order valence-corrected chi connectivity index (χ0v) is 12.8. The van der Waals surface area contributed by atoms with E-state index < -0.39 is 6.49 Å². The van der Waals surface area contributed by atoms with Crippen molar-refractivity contribution in [3.63, 3.8) is 0 Å². The molecule has 102 valence electrons. The zero-order valence-electron chi connectivity index (χ0n) is 11.1. The van der Waals surface area contributed by atoms with Gasteiger partial charge in [0.1, 0.15) is 0 Å². The van der Waals surface area contributed by atoms with E-state index in [0.717, 1.165) is 23.7 Å². The van der Waals surface area contributed by atoms with Gasteiger partial charge in [-0.2, -0.15) is 0 Å². The van der Waals surface area contributed by atoms with E-state index in [4.69, 9.17) is 26.6 Å². The lowest BCUT2D eigenvalue weighted by atomic mass is 10.2. The van der Waals surface area contributed by atoms with E-state index in [-0.39, 0.29) is 0 Å². The van der Waals surface area contributed by atoms with Crippen molar-refractivity contribution in [1.29, 1.82) is 0 Å². The average molecular weight is 287 g/mol. The summed E-state index contributed by atoms with van der Waals surface area (Å²) in [5.41, 5.74) is 6.79. The van der Waals surface area contributed by atoms with Gasteiger partial charge in [-0.05, 0) is 36.3 Å². The first kappa shape index (κ1) is 15.8. The van der Waals surface area contributed by atoms with Crippen LogP contribution in [0.5, 0.6) is 0 Å². The molecule has 0 saturated heterocycles. The summed E-state index contributed by atoms with van der Waals surface area (Å²) in [5.74, 6) is 0. The number of rotatable bonds is 8. The van der Waals surface area contributed by atoms with Crippen LogP contribution in [0, 0.1) is 0 Å². The molecule has 5 heteroatoms. The maximum Gasteiger partial charge on any atom is 0.219 e. The highest BCUT2D eigenvalue weighted by atomic mass is 32.5. The summed E-state index contributed by atoms with van der Waals surface area (Å²) in [4.78, 5) is 0. The van der Waals surface area contributed by atoms with Gasteiger partial charge in [0.05, 0.1) is 13.2 Å². The van der Waals surface area contributed by atoms with Crippen molar-refractivity contribution in [3.05, 3.63) is 29.8 Å². The fourth-order valence-corrected chi connectivity index (χ4v) is 4.52. The molecule has 1 rings (SSSR count). The normalized spacial score (nSPS) is 11.7. The largest absolute Gasteiger partial charge is 0.326 e. The third kappa shape index (κ3) is 4.15. The van der Waals surface area contributed by atoms with Gasteiger partial charge in [-0.25, -0.2) is 0 Å².